The second kappa shape index (κ2) is 6.37. The van der Waals surface area contributed by atoms with E-state index in [-0.39, 0.29) is 12.0 Å². The summed E-state index contributed by atoms with van der Waals surface area (Å²) in [5.74, 6) is -0.00745. The maximum Gasteiger partial charge on any atom is 0.226 e. The van der Waals surface area contributed by atoms with Gasteiger partial charge in [0.05, 0.1) is 23.7 Å². The number of benzene rings is 1. The van der Waals surface area contributed by atoms with Crippen LogP contribution in [-0.2, 0) is 22.4 Å². The minimum Gasteiger partial charge on any atom is -0.371 e. The lowest BCUT2D eigenvalue weighted by molar-refractivity contribution is -0.121. The predicted molar refractivity (Wildman–Crippen MR) is 82.4 cm³/mol. The molecule has 1 aromatic heterocycles. The van der Waals surface area contributed by atoms with Crippen molar-refractivity contribution in [2.45, 2.75) is 25.9 Å². The number of rotatable bonds is 4. The molecule has 1 atom stereocenters. The van der Waals surface area contributed by atoms with E-state index in [0.717, 1.165) is 17.1 Å². The number of amides is 1. The number of aromatic nitrogens is 1. The van der Waals surface area contributed by atoms with Gasteiger partial charge in [0.2, 0.25) is 5.91 Å². The van der Waals surface area contributed by atoms with Crippen LogP contribution in [0.3, 0.4) is 0 Å². The van der Waals surface area contributed by atoms with Crippen molar-refractivity contribution >= 4 is 17.2 Å². The van der Waals surface area contributed by atoms with Gasteiger partial charge in [-0.1, -0.05) is 24.3 Å². The number of nitrogens with zero attached hydrogens (tertiary/aromatic N) is 1. The minimum atomic E-state index is -0.0453. The molecule has 5 heteroatoms. The molecule has 0 saturated heterocycles. The maximum atomic E-state index is 12.0. The highest BCUT2D eigenvalue weighted by Crippen LogP contribution is 2.26. The molecule has 0 radical (unpaired) electrons. The molecule has 0 bridgehead atoms. The molecule has 2 heterocycles. The van der Waals surface area contributed by atoms with Gasteiger partial charge in [0, 0.05) is 11.9 Å². The van der Waals surface area contributed by atoms with Crippen molar-refractivity contribution in [2.75, 3.05) is 13.2 Å². The van der Waals surface area contributed by atoms with Crippen LogP contribution in [-0.4, -0.2) is 24.0 Å². The molecule has 0 fully saturated rings. The Bertz CT molecular complexity index is 639. The van der Waals surface area contributed by atoms with Crippen LogP contribution in [0, 0.1) is 6.92 Å². The van der Waals surface area contributed by atoms with Gasteiger partial charge in [-0.05, 0) is 24.5 Å². The highest BCUT2D eigenvalue weighted by molar-refractivity contribution is 7.09. The number of hydrogen-bond donors (Lipinski definition) is 1. The fourth-order valence-electron chi connectivity index (χ4n) is 2.57. The molecule has 3 rings (SSSR count). The molecule has 21 heavy (non-hydrogen) atoms. The first-order valence-corrected chi connectivity index (χ1v) is 7.97. The van der Waals surface area contributed by atoms with Crippen molar-refractivity contribution in [3.8, 4) is 0 Å². The Balaban J connectivity index is 1.57. The van der Waals surface area contributed by atoms with Crippen LogP contribution in [0.25, 0.3) is 0 Å². The molecular formula is C16H18N2O2S. The van der Waals surface area contributed by atoms with Crippen LogP contribution >= 0.6 is 11.3 Å². The third kappa shape index (κ3) is 3.49. The van der Waals surface area contributed by atoms with Crippen molar-refractivity contribution < 1.29 is 9.53 Å². The first-order chi connectivity index (χ1) is 10.2. The van der Waals surface area contributed by atoms with Gasteiger partial charge >= 0.3 is 0 Å². The van der Waals surface area contributed by atoms with Gasteiger partial charge in [-0.15, -0.1) is 11.3 Å². The highest BCUT2D eigenvalue weighted by Gasteiger charge is 2.20. The second-order valence-electron chi connectivity index (χ2n) is 5.15. The molecule has 1 N–H and O–H groups in total. The lowest BCUT2D eigenvalue weighted by Crippen LogP contribution is -2.32. The minimum absolute atomic E-state index is 0.00745. The Morgan fingerprint density at radius 2 is 2.33 bits per heavy atom. The van der Waals surface area contributed by atoms with Gasteiger partial charge in [-0.25, -0.2) is 4.98 Å². The molecule has 2 aromatic rings. The van der Waals surface area contributed by atoms with Crippen LogP contribution in [0.4, 0.5) is 0 Å². The van der Waals surface area contributed by atoms with Crippen LogP contribution in [0.15, 0.2) is 29.6 Å². The quantitative estimate of drug-likeness (QED) is 0.943. The summed E-state index contributed by atoms with van der Waals surface area (Å²) in [5, 5.41) is 5.87. The first kappa shape index (κ1) is 14.2. The molecular weight excluding hydrogens is 284 g/mol. The summed E-state index contributed by atoms with van der Waals surface area (Å²) in [6.07, 6.45) is 1.23. The molecule has 1 aromatic carbocycles. The molecule has 0 saturated carbocycles. The standard InChI is InChI=1S/C16H18N2O2S/c1-11-18-13(10-21-11)8-16(19)17-9-15-14-5-3-2-4-12(14)6-7-20-15/h2-5,10,15H,6-9H2,1H3,(H,17,19)/t15-/m1/s1. The summed E-state index contributed by atoms with van der Waals surface area (Å²) in [7, 11) is 0. The van der Waals surface area contributed by atoms with Crippen LogP contribution < -0.4 is 5.32 Å². The molecule has 0 spiro atoms. The zero-order valence-corrected chi connectivity index (χ0v) is 12.8. The van der Waals surface area contributed by atoms with Crippen molar-refractivity contribution in [1.82, 2.24) is 10.3 Å². The number of hydrogen-bond acceptors (Lipinski definition) is 4. The van der Waals surface area contributed by atoms with Crippen molar-refractivity contribution in [1.29, 1.82) is 0 Å². The first-order valence-electron chi connectivity index (χ1n) is 7.09. The number of aryl methyl sites for hydroxylation is 1. The van der Waals surface area contributed by atoms with Crippen LogP contribution in [0.1, 0.15) is 27.9 Å². The molecule has 0 unspecified atom stereocenters. The van der Waals surface area contributed by atoms with Crippen molar-refractivity contribution in [3.05, 3.63) is 51.5 Å². The number of thiazole rings is 1. The molecule has 1 aliphatic rings. The summed E-state index contributed by atoms with van der Waals surface area (Å²) in [4.78, 5) is 16.3. The lowest BCUT2D eigenvalue weighted by atomic mass is 9.97. The zero-order valence-electron chi connectivity index (χ0n) is 12.0. The van der Waals surface area contributed by atoms with Gasteiger partial charge < -0.3 is 10.1 Å². The van der Waals surface area contributed by atoms with Gasteiger partial charge in [0.1, 0.15) is 6.10 Å². The van der Waals surface area contributed by atoms with E-state index in [4.69, 9.17) is 4.74 Å². The summed E-state index contributed by atoms with van der Waals surface area (Å²) >= 11 is 1.57. The van der Waals surface area contributed by atoms with Gasteiger partial charge in [0.15, 0.2) is 0 Å². The monoisotopic (exact) mass is 302 g/mol. The van der Waals surface area contributed by atoms with E-state index >= 15 is 0 Å². The summed E-state index contributed by atoms with van der Waals surface area (Å²) < 4.78 is 5.78. The molecule has 110 valence electrons. The van der Waals surface area contributed by atoms with E-state index in [0.29, 0.717) is 19.6 Å². The normalized spacial score (nSPS) is 17.3. The van der Waals surface area contributed by atoms with Gasteiger partial charge in [-0.3, -0.25) is 4.79 Å². The third-order valence-electron chi connectivity index (χ3n) is 3.59. The number of ether oxygens (including phenoxy) is 1. The lowest BCUT2D eigenvalue weighted by Gasteiger charge is -2.26. The highest BCUT2D eigenvalue weighted by atomic mass is 32.1. The Labute approximate surface area is 128 Å². The summed E-state index contributed by atoms with van der Waals surface area (Å²) in [6.45, 7) is 3.17. The molecule has 4 nitrogen and oxygen atoms in total. The average Bonchev–Trinajstić information content (AvgIpc) is 2.90. The fourth-order valence-corrected chi connectivity index (χ4v) is 3.18. The molecule has 0 aliphatic carbocycles. The Morgan fingerprint density at radius 3 is 3.14 bits per heavy atom. The summed E-state index contributed by atoms with van der Waals surface area (Å²) in [5.41, 5.74) is 3.34. The largest absolute Gasteiger partial charge is 0.371 e. The van der Waals surface area contributed by atoms with E-state index in [1.54, 1.807) is 11.3 Å². The van der Waals surface area contributed by atoms with E-state index in [1.807, 2.05) is 24.4 Å². The Hall–Kier alpha value is -1.72. The van der Waals surface area contributed by atoms with E-state index in [9.17, 15) is 4.79 Å². The SMILES string of the molecule is Cc1nc(CC(=O)NC[C@H]2OCCc3ccccc32)cs1. The molecule has 1 aliphatic heterocycles. The Kier molecular flexibility index (Phi) is 4.31. The number of nitrogens with one attached hydrogen (secondary N) is 1. The van der Waals surface area contributed by atoms with Gasteiger partial charge in [0.25, 0.3) is 0 Å². The summed E-state index contributed by atoms with van der Waals surface area (Å²) in [6, 6.07) is 8.27. The third-order valence-corrected chi connectivity index (χ3v) is 4.41. The topological polar surface area (TPSA) is 51.2 Å². The zero-order chi connectivity index (χ0) is 14.7. The number of fused-ring (bicyclic) bond motifs is 1. The van der Waals surface area contributed by atoms with E-state index in [2.05, 4.69) is 22.4 Å². The van der Waals surface area contributed by atoms with Crippen LogP contribution in [0.2, 0.25) is 0 Å². The second-order valence-corrected chi connectivity index (χ2v) is 6.21. The van der Waals surface area contributed by atoms with Gasteiger partial charge in [-0.2, -0.15) is 0 Å². The number of carbonyl (C=O) groups excluding carboxylic acids is 1. The van der Waals surface area contributed by atoms with E-state index < -0.39 is 0 Å². The number of carbonyl (C=O) groups is 1. The fraction of sp³-hybridized carbons (Fsp3) is 0.375. The van der Waals surface area contributed by atoms with Crippen LogP contribution in [0.5, 0.6) is 0 Å². The smallest absolute Gasteiger partial charge is 0.226 e. The predicted octanol–water partition coefficient (Wildman–Crippen LogP) is 2.42. The molecule has 1 amide bonds. The van der Waals surface area contributed by atoms with E-state index in [1.165, 1.54) is 11.1 Å². The van der Waals surface area contributed by atoms with Crippen molar-refractivity contribution in [2.24, 2.45) is 0 Å². The maximum absolute atomic E-state index is 12.0. The average molecular weight is 302 g/mol. The Morgan fingerprint density at radius 1 is 1.48 bits per heavy atom. The van der Waals surface area contributed by atoms with Crippen molar-refractivity contribution in [3.63, 3.8) is 0 Å².